The molecule has 3 heterocycles. The SMILES string of the molecule is c1csc(-c2cnc(Oc3ccc(-n4ccnc4)cc3)nc2)c1. The Labute approximate surface area is 136 Å². The van der Waals surface area contributed by atoms with Crippen LogP contribution >= 0.6 is 11.3 Å². The third kappa shape index (κ3) is 2.97. The summed E-state index contributed by atoms with van der Waals surface area (Å²) in [5, 5.41) is 2.03. The van der Waals surface area contributed by atoms with E-state index in [-0.39, 0.29) is 0 Å². The van der Waals surface area contributed by atoms with Gasteiger partial charge in [-0.3, -0.25) is 0 Å². The summed E-state index contributed by atoms with van der Waals surface area (Å²) in [6.45, 7) is 0. The minimum Gasteiger partial charge on any atom is -0.424 e. The van der Waals surface area contributed by atoms with Crippen molar-refractivity contribution in [1.29, 1.82) is 0 Å². The number of nitrogens with zero attached hydrogens (tertiary/aromatic N) is 4. The van der Waals surface area contributed by atoms with Gasteiger partial charge in [0.2, 0.25) is 0 Å². The molecule has 112 valence electrons. The molecule has 0 radical (unpaired) electrons. The van der Waals surface area contributed by atoms with Gasteiger partial charge in [-0.25, -0.2) is 15.0 Å². The molecular formula is C17H12N4OS. The molecule has 0 saturated heterocycles. The van der Waals surface area contributed by atoms with Gasteiger partial charge in [0.05, 0.1) is 6.33 Å². The summed E-state index contributed by atoms with van der Waals surface area (Å²) >= 11 is 1.66. The maximum atomic E-state index is 5.68. The van der Waals surface area contributed by atoms with E-state index in [0.717, 1.165) is 16.1 Å². The van der Waals surface area contributed by atoms with Crippen LogP contribution < -0.4 is 4.74 Å². The van der Waals surface area contributed by atoms with Gasteiger partial charge in [-0.2, -0.15) is 0 Å². The first kappa shape index (κ1) is 13.7. The van der Waals surface area contributed by atoms with Crippen molar-refractivity contribution >= 4 is 11.3 Å². The van der Waals surface area contributed by atoms with Crippen molar-refractivity contribution < 1.29 is 4.74 Å². The van der Waals surface area contributed by atoms with Gasteiger partial charge in [0.25, 0.3) is 0 Å². The van der Waals surface area contributed by atoms with Gasteiger partial charge in [-0.05, 0) is 35.7 Å². The van der Waals surface area contributed by atoms with E-state index in [2.05, 4.69) is 15.0 Å². The minimum absolute atomic E-state index is 0.334. The average Bonchev–Trinajstić information content (AvgIpc) is 3.30. The Morgan fingerprint density at radius 2 is 1.83 bits per heavy atom. The van der Waals surface area contributed by atoms with Gasteiger partial charge in [0, 0.05) is 40.9 Å². The quantitative estimate of drug-likeness (QED) is 0.566. The van der Waals surface area contributed by atoms with E-state index in [1.807, 2.05) is 52.5 Å². The normalized spacial score (nSPS) is 10.6. The highest BCUT2D eigenvalue weighted by atomic mass is 32.1. The number of imidazole rings is 1. The molecule has 0 bridgehead atoms. The second-order valence-corrected chi connectivity index (χ2v) is 5.75. The fourth-order valence-corrected chi connectivity index (χ4v) is 2.84. The van der Waals surface area contributed by atoms with Gasteiger partial charge in [0.1, 0.15) is 5.75 Å². The fraction of sp³-hybridized carbons (Fsp3) is 0. The summed E-state index contributed by atoms with van der Waals surface area (Å²) in [7, 11) is 0. The lowest BCUT2D eigenvalue weighted by Crippen LogP contribution is -1.93. The van der Waals surface area contributed by atoms with Crippen LogP contribution in [0.2, 0.25) is 0 Å². The first-order valence-electron chi connectivity index (χ1n) is 7.01. The topological polar surface area (TPSA) is 52.8 Å². The predicted molar refractivity (Wildman–Crippen MR) is 89.0 cm³/mol. The zero-order valence-corrected chi connectivity index (χ0v) is 12.9. The monoisotopic (exact) mass is 320 g/mol. The van der Waals surface area contributed by atoms with Crippen molar-refractivity contribution in [2.24, 2.45) is 0 Å². The molecule has 0 amide bonds. The van der Waals surface area contributed by atoms with Crippen LogP contribution in [0.1, 0.15) is 0 Å². The second-order valence-electron chi connectivity index (χ2n) is 4.80. The standard InChI is InChI=1S/C17H12N4OS/c1-2-16(23-9-1)13-10-19-17(20-11-13)22-15-5-3-14(4-6-15)21-8-7-18-12-21/h1-12H. The third-order valence-corrected chi connectivity index (χ3v) is 4.20. The van der Waals surface area contributed by atoms with Crippen molar-refractivity contribution in [3.05, 3.63) is 72.9 Å². The molecule has 0 unspecified atom stereocenters. The van der Waals surface area contributed by atoms with E-state index in [4.69, 9.17) is 4.74 Å². The molecular weight excluding hydrogens is 308 g/mol. The molecule has 0 N–H and O–H groups in total. The first-order valence-corrected chi connectivity index (χ1v) is 7.89. The van der Waals surface area contributed by atoms with Gasteiger partial charge in [-0.15, -0.1) is 11.3 Å². The Balaban J connectivity index is 1.49. The summed E-state index contributed by atoms with van der Waals surface area (Å²) in [6.07, 6.45) is 8.93. The Morgan fingerprint density at radius 1 is 1.00 bits per heavy atom. The van der Waals surface area contributed by atoms with Crippen LogP contribution in [0.15, 0.2) is 72.9 Å². The van der Waals surface area contributed by atoms with Gasteiger partial charge >= 0.3 is 6.01 Å². The van der Waals surface area contributed by atoms with Crippen molar-refractivity contribution in [2.75, 3.05) is 0 Å². The molecule has 0 aliphatic heterocycles. The van der Waals surface area contributed by atoms with E-state index >= 15 is 0 Å². The maximum Gasteiger partial charge on any atom is 0.321 e. The highest BCUT2D eigenvalue weighted by molar-refractivity contribution is 7.13. The molecule has 4 rings (SSSR count). The molecule has 0 aliphatic rings. The summed E-state index contributed by atoms with van der Waals surface area (Å²) in [5.74, 6) is 0.692. The number of hydrogen-bond donors (Lipinski definition) is 0. The smallest absolute Gasteiger partial charge is 0.321 e. The molecule has 1 aromatic carbocycles. The van der Waals surface area contributed by atoms with E-state index in [9.17, 15) is 0 Å². The first-order chi connectivity index (χ1) is 11.4. The molecule has 3 aromatic heterocycles. The fourth-order valence-electron chi connectivity index (χ4n) is 2.14. The Morgan fingerprint density at radius 3 is 2.48 bits per heavy atom. The zero-order valence-electron chi connectivity index (χ0n) is 12.0. The van der Waals surface area contributed by atoms with Crippen LogP contribution in [0.25, 0.3) is 16.1 Å². The van der Waals surface area contributed by atoms with Crippen LogP contribution in [-0.4, -0.2) is 19.5 Å². The Kier molecular flexibility index (Phi) is 3.57. The zero-order chi connectivity index (χ0) is 15.5. The van der Waals surface area contributed by atoms with Crippen LogP contribution in [0, 0.1) is 0 Å². The lowest BCUT2D eigenvalue weighted by Gasteiger charge is -2.06. The minimum atomic E-state index is 0.334. The van der Waals surface area contributed by atoms with Gasteiger partial charge in [-0.1, -0.05) is 6.07 Å². The number of ether oxygens (including phenoxy) is 1. The number of rotatable bonds is 4. The number of aromatic nitrogens is 4. The van der Waals surface area contributed by atoms with Crippen molar-refractivity contribution in [3.8, 4) is 27.9 Å². The predicted octanol–water partition coefficient (Wildman–Crippen LogP) is 4.18. The van der Waals surface area contributed by atoms with Gasteiger partial charge < -0.3 is 9.30 Å². The molecule has 0 fully saturated rings. The number of hydrogen-bond acceptors (Lipinski definition) is 5. The number of benzene rings is 1. The molecule has 23 heavy (non-hydrogen) atoms. The van der Waals surface area contributed by atoms with E-state index < -0.39 is 0 Å². The van der Waals surface area contributed by atoms with Crippen LogP contribution in [0.4, 0.5) is 0 Å². The highest BCUT2D eigenvalue weighted by Crippen LogP contribution is 2.25. The van der Waals surface area contributed by atoms with Crippen LogP contribution in [-0.2, 0) is 0 Å². The lowest BCUT2D eigenvalue weighted by atomic mass is 10.3. The summed E-state index contributed by atoms with van der Waals surface area (Å²) in [5.41, 5.74) is 2.01. The molecule has 6 heteroatoms. The summed E-state index contributed by atoms with van der Waals surface area (Å²) in [4.78, 5) is 13.7. The number of thiophene rings is 1. The lowest BCUT2D eigenvalue weighted by molar-refractivity contribution is 0.442. The Bertz CT molecular complexity index is 794. The highest BCUT2D eigenvalue weighted by Gasteiger charge is 2.04. The Hall–Kier alpha value is -2.99. The van der Waals surface area contributed by atoms with Crippen molar-refractivity contribution in [3.63, 3.8) is 0 Å². The summed E-state index contributed by atoms with van der Waals surface area (Å²) < 4.78 is 7.61. The van der Waals surface area contributed by atoms with E-state index in [1.165, 1.54) is 0 Å². The molecule has 5 nitrogen and oxygen atoms in total. The molecule has 0 atom stereocenters. The maximum absolute atomic E-state index is 5.68. The molecule has 0 spiro atoms. The molecule has 0 aliphatic carbocycles. The van der Waals surface area contributed by atoms with E-state index in [1.54, 1.807) is 36.3 Å². The van der Waals surface area contributed by atoms with Crippen LogP contribution in [0.3, 0.4) is 0 Å². The van der Waals surface area contributed by atoms with Crippen molar-refractivity contribution in [2.45, 2.75) is 0 Å². The van der Waals surface area contributed by atoms with E-state index in [0.29, 0.717) is 11.8 Å². The van der Waals surface area contributed by atoms with Gasteiger partial charge in [0.15, 0.2) is 0 Å². The average molecular weight is 320 g/mol. The second kappa shape index (κ2) is 6.02. The molecule has 0 saturated carbocycles. The van der Waals surface area contributed by atoms with Crippen LogP contribution in [0.5, 0.6) is 11.8 Å². The summed E-state index contributed by atoms with van der Waals surface area (Å²) in [6, 6.07) is 12.1. The van der Waals surface area contributed by atoms with Crippen molar-refractivity contribution in [1.82, 2.24) is 19.5 Å². The third-order valence-electron chi connectivity index (χ3n) is 3.28. The largest absolute Gasteiger partial charge is 0.424 e. The molecule has 4 aromatic rings.